The molecule has 0 aromatic heterocycles. The Morgan fingerprint density at radius 1 is 1.19 bits per heavy atom. The van der Waals surface area contributed by atoms with Crippen molar-refractivity contribution in [2.75, 3.05) is 19.7 Å². The number of fused-ring (bicyclic) bond motifs is 1. The number of ether oxygens (including phenoxy) is 1. The first-order valence-corrected chi connectivity index (χ1v) is 10.9. The van der Waals surface area contributed by atoms with Crippen molar-refractivity contribution >= 4 is 5.97 Å². The van der Waals surface area contributed by atoms with Gasteiger partial charge in [0.25, 0.3) is 0 Å². The van der Waals surface area contributed by atoms with Crippen LogP contribution in [0.2, 0.25) is 0 Å². The number of hydrogen-bond acceptors (Lipinski definition) is 3. The lowest BCUT2D eigenvalue weighted by Gasteiger charge is -2.69. The molecule has 8 atom stereocenters. The topological polar surface area (TPSA) is 49.4 Å². The fraction of sp³-hybridized carbons (Fsp3) is 0.864. The highest BCUT2D eigenvalue weighted by atomic mass is 16.6. The van der Waals surface area contributed by atoms with Gasteiger partial charge in [-0.25, -0.2) is 0 Å². The molecule has 3 aliphatic carbocycles. The Balaban J connectivity index is 1.65. The molecule has 4 nitrogen and oxygen atoms in total. The second kappa shape index (κ2) is 4.94. The Kier molecular flexibility index (Phi) is 3.06. The summed E-state index contributed by atoms with van der Waals surface area (Å²) in [7, 11) is 0. The summed E-state index contributed by atoms with van der Waals surface area (Å²) in [5.41, 5.74) is 1.59. The Bertz CT molecular complexity index is 704. The fourth-order valence-corrected chi connectivity index (χ4v) is 9.13. The van der Waals surface area contributed by atoms with Crippen LogP contribution in [0.4, 0.5) is 0 Å². The van der Waals surface area contributed by atoms with Crippen LogP contribution in [0.15, 0.2) is 11.6 Å². The number of esters is 1. The van der Waals surface area contributed by atoms with Crippen molar-refractivity contribution in [1.82, 2.24) is 0 Å². The Hall–Kier alpha value is -0.870. The number of allylic oxidation sites excluding steroid dienone is 1. The molecule has 4 heteroatoms. The fourth-order valence-electron chi connectivity index (χ4n) is 9.13. The summed E-state index contributed by atoms with van der Waals surface area (Å²) < 4.78 is 5.90. The van der Waals surface area contributed by atoms with Crippen LogP contribution in [-0.2, 0) is 9.53 Å². The standard InChI is InChI=1S/C22H31NO3/c1-14-11-23(25)12-16-6-5-15-3-2-4-18(15)22-10-8-19(24)26-13-21(16,22)9-7-17(14)20(22)23/h4,14-17,20H,2-3,5-13H2,1H3/t14-,15?,16+,17+,20-,21+,22-,23-/m0/s1. The average molecular weight is 357 g/mol. The third-order valence-corrected chi connectivity index (χ3v) is 9.78. The van der Waals surface area contributed by atoms with Crippen molar-refractivity contribution in [2.45, 2.75) is 64.3 Å². The molecule has 6 aliphatic rings. The molecule has 0 aromatic rings. The van der Waals surface area contributed by atoms with Gasteiger partial charge in [-0.1, -0.05) is 18.6 Å². The Labute approximate surface area is 156 Å². The molecular weight excluding hydrogens is 326 g/mol. The van der Waals surface area contributed by atoms with E-state index < -0.39 is 0 Å². The quantitative estimate of drug-likeness (QED) is 0.287. The second-order valence-corrected chi connectivity index (χ2v) is 10.4. The van der Waals surface area contributed by atoms with Gasteiger partial charge < -0.3 is 14.6 Å². The lowest BCUT2D eigenvalue weighted by molar-refractivity contribution is -0.918. The van der Waals surface area contributed by atoms with Crippen molar-refractivity contribution in [3.05, 3.63) is 16.9 Å². The Morgan fingerprint density at radius 3 is 2.96 bits per heavy atom. The van der Waals surface area contributed by atoms with Gasteiger partial charge in [0.1, 0.15) is 6.04 Å². The molecule has 0 radical (unpaired) electrons. The highest BCUT2D eigenvalue weighted by Crippen LogP contribution is 2.74. The largest absolute Gasteiger partial charge is 0.633 e. The van der Waals surface area contributed by atoms with Crippen LogP contribution in [0.1, 0.15) is 58.3 Å². The number of quaternary nitrogens is 1. The molecule has 6 rings (SSSR count). The number of hydroxylamine groups is 3. The molecule has 142 valence electrons. The summed E-state index contributed by atoms with van der Waals surface area (Å²) in [6.07, 6.45) is 11.1. The van der Waals surface area contributed by atoms with E-state index in [0.717, 1.165) is 25.9 Å². The maximum absolute atomic E-state index is 14.3. The van der Waals surface area contributed by atoms with E-state index in [1.165, 1.54) is 32.1 Å². The predicted molar refractivity (Wildman–Crippen MR) is 97.6 cm³/mol. The van der Waals surface area contributed by atoms with E-state index in [1.54, 1.807) is 5.57 Å². The van der Waals surface area contributed by atoms with Crippen LogP contribution in [-0.4, -0.2) is 36.4 Å². The number of rotatable bonds is 0. The van der Waals surface area contributed by atoms with E-state index in [2.05, 4.69) is 13.0 Å². The summed E-state index contributed by atoms with van der Waals surface area (Å²) in [5, 5.41) is 14.3. The maximum atomic E-state index is 14.3. The van der Waals surface area contributed by atoms with E-state index in [1.807, 2.05) is 0 Å². The summed E-state index contributed by atoms with van der Waals surface area (Å²) >= 11 is 0. The molecule has 0 amide bonds. The van der Waals surface area contributed by atoms with Gasteiger partial charge in [-0.15, -0.1) is 0 Å². The van der Waals surface area contributed by atoms with Crippen molar-refractivity contribution in [1.29, 1.82) is 0 Å². The van der Waals surface area contributed by atoms with E-state index in [0.29, 0.717) is 36.7 Å². The molecule has 2 saturated carbocycles. The molecule has 26 heavy (non-hydrogen) atoms. The SMILES string of the molecule is C[C@H]1C[N@+]2([O-])C[C@H]3CCC4CCC=C4[C@]45CCC(=O)OC[C@]34CC[C@H]1[C@@H]52. The highest BCUT2D eigenvalue weighted by Gasteiger charge is 2.76. The summed E-state index contributed by atoms with van der Waals surface area (Å²) in [6.45, 7) is 4.49. The third kappa shape index (κ3) is 1.64. The van der Waals surface area contributed by atoms with Crippen LogP contribution in [0.3, 0.4) is 0 Å². The number of hydrogen-bond donors (Lipinski definition) is 0. The predicted octanol–water partition coefficient (Wildman–Crippen LogP) is 3.80. The lowest BCUT2D eigenvalue weighted by Crippen LogP contribution is -2.73. The summed E-state index contributed by atoms with van der Waals surface area (Å²) in [6, 6.07) is 0.182. The first-order chi connectivity index (χ1) is 12.5. The van der Waals surface area contributed by atoms with Gasteiger partial charge >= 0.3 is 5.97 Å². The third-order valence-electron chi connectivity index (χ3n) is 9.78. The first kappa shape index (κ1) is 16.1. The van der Waals surface area contributed by atoms with E-state index in [9.17, 15) is 10.0 Å². The molecule has 1 unspecified atom stereocenters. The highest BCUT2D eigenvalue weighted by molar-refractivity contribution is 5.70. The molecule has 5 fully saturated rings. The first-order valence-electron chi connectivity index (χ1n) is 10.9. The average Bonchev–Trinajstić information content (AvgIpc) is 3.12. The summed E-state index contributed by atoms with van der Waals surface area (Å²) in [4.78, 5) is 12.4. The van der Waals surface area contributed by atoms with Crippen LogP contribution < -0.4 is 0 Å². The summed E-state index contributed by atoms with van der Waals surface area (Å²) in [5.74, 6) is 2.12. The molecule has 0 aromatic carbocycles. The van der Waals surface area contributed by atoms with Gasteiger partial charge in [0.2, 0.25) is 0 Å². The van der Waals surface area contributed by atoms with Gasteiger partial charge in [0, 0.05) is 29.6 Å². The molecular formula is C22H31NO3. The van der Waals surface area contributed by atoms with E-state index in [-0.39, 0.29) is 27.5 Å². The molecule has 3 aliphatic heterocycles. The van der Waals surface area contributed by atoms with Gasteiger partial charge in [-0.3, -0.25) is 4.79 Å². The normalized spacial score (nSPS) is 57.4. The van der Waals surface area contributed by atoms with Crippen LogP contribution in [0, 0.1) is 39.7 Å². The number of carbonyl (C=O) groups excluding carboxylic acids is 1. The van der Waals surface area contributed by atoms with E-state index in [4.69, 9.17) is 4.74 Å². The van der Waals surface area contributed by atoms with Crippen molar-refractivity contribution in [2.24, 2.45) is 34.5 Å². The minimum absolute atomic E-state index is 0.0267. The molecule has 4 bridgehead atoms. The molecule has 0 N–H and O–H groups in total. The van der Waals surface area contributed by atoms with Gasteiger partial charge in [-0.05, 0) is 50.9 Å². The molecule has 3 saturated heterocycles. The number of carbonyl (C=O) groups is 1. The number of piperidine rings is 1. The number of cyclic esters (lactones) is 1. The lowest BCUT2D eigenvalue weighted by atomic mass is 9.42. The minimum Gasteiger partial charge on any atom is -0.633 e. The number of nitrogens with zero attached hydrogens (tertiary/aromatic N) is 1. The van der Waals surface area contributed by atoms with Crippen LogP contribution >= 0.6 is 0 Å². The van der Waals surface area contributed by atoms with Crippen LogP contribution in [0.5, 0.6) is 0 Å². The van der Waals surface area contributed by atoms with Gasteiger partial charge in [0.15, 0.2) is 0 Å². The van der Waals surface area contributed by atoms with E-state index >= 15 is 0 Å². The monoisotopic (exact) mass is 357 g/mol. The molecule has 3 heterocycles. The zero-order valence-electron chi connectivity index (χ0n) is 15.9. The smallest absolute Gasteiger partial charge is 0.305 e. The second-order valence-electron chi connectivity index (χ2n) is 10.4. The van der Waals surface area contributed by atoms with Gasteiger partial charge in [-0.2, -0.15) is 0 Å². The maximum Gasteiger partial charge on any atom is 0.305 e. The van der Waals surface area contributed by atoms with Crippen molar-refractivity contribution < 1.29 is 14.2 Å². The van der Waals surface area contributed by atoms with Gasteiger partial charge in [0.05, 0.1) is 25.1 Å². The minimum atomic E-state index is -0.0603. The van der Waals surface area contributed by atoms with Crippen LogP contribution in [0.25, 0.3) is 0 Å². The zero-order valence-corrected chi connectivity index (χ0v) is 15.9. The molecule has 0 spiro atoms. The van der Waals surface area contributed by atoms with Crippen molar-refractivity contribution in [3.8, 4) is 0 Å². The Morgan fingerprint density at radius 2 is 2.08 bits per heavy atom. The van der Waals surface area contributed by atoms with Crippen molar-refractivity contribution in [3.63, 3.8) is 0 Å². The zero-order chi connectivity index (χ0) is 17.7.